The van der Waals surface area contributed by atoms with Crippen molar-refractivity contribution in [1.29, 1.82) is 0 Å². The predicted molar refractivity (Wildman–Crippen MR) is 106 cm³/mol. The van der Waals surface area contributed by atoms with E-state index in [2.05, 4.69) is 0 Å². The van der Waals surface area contributed by atoms with E-state index in [0.29, 0.717) is 5.56 Å². The van der Waals surface area contributed by atoms with E-state index < -0.39 is 49.2 Å². The van der Waals surface area contributed by atoms with Gasteiger partial charge in [0.1, 0.15) is 47.4 Å². The summed E-state index contributed by atoms with van der Waals surface area (Å²) in [5, 5.41) is 79.2. The smallest absolute Gasteiger partial charge is 0.228 e. The zero-order valence-electron chi connectivity index (χ0n) is 16.4. The van der Waals surface area contributed by atoms with Crippen molar-refractivity contribution in [2.45, 2.75) is 36.8 Å². The molecule has 0 saturated carbocycles. The molecule has 4 rings (SSSR count). The maximum Gasteiger partial charge on any atom is 0.228 e. The van der Waals surface area contributed by atoms with Gasteiger partial charge in [0, 0.05) is 17.7 Å². The highest BCUT2D eigenvalue weighted by Gasteiger charge is 2.46. The summed E-state index contributed by atoms with van der Waals surface area (Å²) in [6, 6.07) is 6.19. The Morgan fingerprint density at radius 1 is 0.844 bits per heavy atom. The van der Waals surface area contributed by atoms with E-state index in [1.807, 2.05) is 0 Å². The van der Waals surface area contributed by atoms with Crippen LogP contribution in [0.1, 0.15) is 17.2 Å². The summed E-state index contributed by atoms with van der Waals surface area (Å²) in [5.74, 6) is -1.36. The minimum absolute atomic E-state index is 0.0343. The van der Waals surface area contributed by atoms with E-state index in [-0.39, 0.29) is 34.3 Å². The zero-order valence-corrected chi connectivity index (χ0v) is 16.4. The van der Waals surface area contributed by atoms with Crippen LogP contribution in [0.5, 0.6) is 28.7 Å². The molecule has 0 radical (unpaired) electrons. The fourth-order valence-corrected chi connectivity index (χ4v) is 3.57. The van der Waals surface area contributed by atoms with Crippen molar-refractivity contribution in [2.24, 2.45) is 0 Å². The number of hydrogen-bond acceptors (Lipinski definition) is 11. The minimum Gasteiger partial charge on any atom is -0.508 e. The third kappa shape index (κ3) is 3.87. The Labute approximate surface area is 181 Å². The quantitative estimate of drug-likeness (QED) is 0.288. The van der Waals surface area contributed by atoms with E-state index in [4.69, 9.17) is 14.2 Å². The molecule has 0 aliphatic carbocycles. The van der Waals surface area contributed by atoms with Crippen molar-refractivity contribution in [2.75, 3.05) is 6.61 Å². The SMILES string of the molecule is OC[C@H]1O[C@@H](OC2=Cc3c(O)cc(O)cc3OC2c2ccc(O)c(O)c2)[C@H](O)[C@@H](O)[C@H]1O. The van der Waals surface area contributed by atoms with E-state index >= 15 is 0 Å². The molecule has 2 heterocycles. The summed E-state index contributed by atoms with van der Waals surface area (Å²) in [7, 11) is 0. The molecule has 2 aromatic rings. The molecule has 172 valence electrons. The van der Waals surface area contributed by atoms with Crippen LogP contribution in [0.2, 0.25) is 0 Å². The van der Waals surface area contributed by atoms with E-state index in [1.165, 1.54) is 30.3 Å². The first-order valence-electron chi connectivity index (χ1n) is 9.63. The Kier molecular flexibility index (Phi) is 5.75. The molecule has 6 atom stereocenters. The highest BCUT2D eigenvalue weighted by atomic mass is 16.7. The van der Waals surface area contributed by atoms with Crippen LogP contribution >= 0.6 is 0 Å². The number of aliphatic hydroxyl groups excluding tert-OH is 4. The number of aliphatic hydroxyl groups is 4. The van der Waals surface area contributed by atoms with Crippen LogP contribution in [0, 0.1) is 0 Å². The van der Waals surface area contributed by atoms with Gasteiger partial charge >= 0.3 is 0 Å². The fourth-order valence-electron chi connectivity index (χ4n) is 3.57. The molecular formula is C21H22O11. The molecule has 2 aliphatic heterocycles. The molecule has 2 aromatic carbocycles. The topological polar surface area (TPSA) is 190 Å². The predicted octanol–water partition coefficient (Wildman–Crippen LogP) is -0.200. The van der Waals surface area contributed by atoms with E-state index in [1.54, 1.807) is 0 Å². The van der Waals surface area contributed by atoms with Crippen LogP contribution in [0.15, 0.2) is 36.1 Å². The van der Waals surface area contributed by atoms with Crippen molar-refractivity contribution >= 4 is 6.08 Å². The first-order valence-corrected chi connectivity index (χ1v) is 9.63. The molecule has 11 nitrogen and oxygen atoms in total. The molecule has 0 spiro atoms. The lowest BCUT2D eigenvalue weighted by molar-refractivity contribution is -0.293. The molecule has 1 saturated heterocycles. The van der Waals surface area contributed by atoms with Gasteiger partial charge in [0.15, 0.2) is 17.6 Å². The van der Waals surface area contributed by atoms with Gasteiger partial charge in [-0.3, -0.25) is 0 Å². The number of ether oxygens (including phenoxy) is 3. The first-order chi connectivity index (χ1) is 15.2. The summed E-state index contributed by atoms with van der Waals surface area (Å²) in [4.78, 5) is 0. The Morgan fingerprint density at radius 2 is 1.59 bits per heavy atom. The van der Waals surface area contributed by atoms with Crippen molar-refractivity contribution < 1.29 is 55.1 Å². The van der Waals surface area contributed by atoms with Crippen molar-refractivity contribution in [3.05, 3.63) is 47.2 Å². The molecule has 1 unspecified atom stereocenters. The number of rotatable bonds is 4. The molecule has 0 bridgehead atoms. The number of phenolic OH excluding ortho intramolecular Hbond substituents is 4. The van der Waals surface area contributed by atoms with Gasteiger partial charge in [-0.2, -0.15) is 0 Å². The minimum atomic E-state index is -1.70. The van der Waals surface area contributed by atoms with Gasteiger partial charge in [-0.1, -0.05) is 6.07 Å². The Hall–Kier alpha value is -3.22. The van der Waals surface area contributed by atoms with Crippen molar-refractivity contribution in [3.8, 4) is 28.7 Å². The fraction of sp³-hybridized carbons (Fsp3) is 0.333. The Bertz CT molecular complexity index is 1030. The first kappa shape index (κ1) is 22.0. The second kappa shape index (κ2) is 8.37. The van der Waals surface area contributed by atoms with Crippen LogP contribution in [-0.4, -0.2) is 78.2 Å². The summed E-state index contributed by atoms with van der Waals surface area (Å²) in [6.07, 6.45) is -7.44. The molecule has 1 fully saturated rings. The number of aromatic hydroxyl groups is 4. The summed E-state index contributed by atoms with van der Waals surface area (Å²) in [5.41, 5.74) is 0.436. The standard InChI is InChI=1S/C21H22O11/c22-7-16-17(27)18(28)19(29)21(32-16)31-15-6-10-12(25)4-9(23)5-14(10)30-20(15)8-1-2-11(24)13(26)3-8/h1-6,16-29H,7H2/t16-,17+,18+,19-,20?,21-/m1/s1. The molecule has 2 aliphatic rings. The van der Waals surface area contributed by atoms with Gasteiger partial charge < -0.3 is 55.1 Å². The highest BCUT2D eigenvalue weighted by molar-refractivity contribution is 5.69. The second-order valence-electron chi connectivity index (χ2n) is 7.48. The molecule has 8 N–H and O–H groups in total. The highest BCUT2D eigenvalue weighted by Crippen LogP contribution is 2.45. The Balaban J connectivity index is 1.74. The summed E-state index contributed by atoms with van der Waals surface area (Å²) in [6.45, 7) is -0.654. The van der Waals surface area contributed by atoms with Crippen LogP contribution in [-0.2, 0) is 9.47 Å². The third-order valence-corrected chi connectivity index (χ3v) is 5.30. The van der Waals surface area contributed by atoms with Crippen LogP contribution in [0.25, 0.3) is 6.08 Å². The normalized spacial score (nSPS) is 29.6. The Morgan fingerprint density at radius 3 is 2.28 bits per heavy atom. The number of benzene rings is 2. The van der Waals surface area contributed by atoms with E-state index in [0.717, 1.165) is 6.07 Å². The van der Waals surface area contributed by atoms with Gasteiger partial charge in [-0.15, -0.1) is 0 Å². The molecular weight excluding hydrogens is 428 g/mol. The maximum atomic E-state index is 10.3. The maximum absolute atomic E-state index is 10.3. The lowest BCUT2D eigenvalue weighted by Gasteiger charge is -2.41. The average molecular weight is 450 g/mol. The van der Waals surface area contributed by atoms with Crippen LogP contribution in [0.4, 0.5) is 0 Å². The van der Waals surface area contributed by atoms with Crippen molar-refractivity contribution in [1.82, 2.24) is 0 Å². The molecule has 0 amide bonds. The molecule has 11 heteroatoms. The van der Waals surface area contributed by atoms with Gasteiger partial charge in [-0.05, 0) is 18.2 Å². The average Bonchev–Trinajstić information content (AvgIpc) is 2.76. The molecule has 0 aromatic heterocycles. The molecule has 32 heavy (non-hydrogen) atoms. The summed E-state index contributed by atoms with van der Waals surface area (Å²) < 4.78 is 17.0. The van der Waals surface area contributed by atoms with Crippen molar-refractivity contribution in [3.63, 3.8) is 0 Å². The second-order valence-corrected chi connectivity index (χ2v) is 7.48. The largest absolute Gasteiger partial charge is 0.508 e. The van der Waals surface area contributed by atoms with E-state index in [9.17, 15) is 40.9 Å². The van der Waals surface area contributed by atoms with Crippen LogP contribution < -0.4 is 4.74 Å². The van der Waals surface area contributed by atoms with Gasteiger partial charge in [0.2, 0.25) is 6.29 Å². The number of fused-ring (bicyclic) bond motifs is 1. The number of phenols is 4. The lowest BCUT2D eigenvalue weighted by atomic mass is 9.98. The van der Waals surface area contributed by atoms with Gasteiger partial charge in [-0.25, -0.2) is 0 Å². The monoisotopic (exact) mass is 450 g/mol. The van der Waals surface area contributed by atoms with Gasteiger partial charge in [0.05, 0.1) is 12.2 Å². The lowest BCUT2D eigenvalue weighted by Crippen LogP contribution is -2.59. The number of hydrogen-bond donors (Lipinski definition) is 8. The third-order valence-electron chi connectivity index (χ3n) is 5.30. The zero-order chi connectivity index (χ0) is 23.2. The summed E-state index contributed by atoms with van der Waals surface area (Å²) >= 11 is 0. The van der Waals surface area contributed by atoms with Gasteiger partial charge in [0.25, 0.3) is 0 Å². The van der Waals surface area contributed by atoms with Crippen LogP contribution in [0.3, 0.4) is 0 Å².